The summed E-state index contributed by atoms with van der Waals surface area (Å²) in [5.41, 5.74) is 0.833. The largest absolute Gasteiger partial charge is 0.340 e. The Hall–Kier alpha value is -1.88. The monoisotopic (exact) mass is 303 g/mol. The SMILES string of the molecule is CC(C)C(=O)N1CCN(CCC(=O)Nc2ccccc2)CC1. The Kier molecular flexibility index (Phi) is 5.95. The molecule has 1 N–H and O–H groups in total. The van der Waals surface area contributed by atoms with Crippen molar-refractivity contribution in [3.05, 3.63) is 30.3 Å². The molecule has 5 nitrogen and oxygen atoms in total. The van der Waals surface area contributed by atoms with Crippen molar-refractivity contribution in [1.29, 1.82) is 0 Å². The van der Waals surface area contributed by atoms with E-state index >= 15 is 0 Å². The lowest BCUT2D eigenvalue weighted by atomic mass is 10.1. The number of nitrogens with zero attached hydrogens (tertiary/aromatic N) is 2. The van der Waals surface area contributed by atoms with Crippen LogP contribution in [0.15, 0.2) is 30.3 Å². The second-order valence-corrected chi connectivity index (χ2v) is 5.99. The summed E-state index contributed by atoms with van der Waals surface area (Å²) in [5.74, 6) is 0.316. The summed E-state index contributed by atoms with van der Waals surface area (Å²) >= 11 is 0. The van der Waals surface area contributed by atoms with Crippen molar-refractivity contribution in [1.82, 2.24) is 9.80 Å². The number of benzene rings is 1. The number of hydrogen-bond donors (Lipinski definition) is 1. The fourth-order valence-electron chi connectivity index (χ4n) is 2.56. The molecule has 1 aromatic carbocycles. The molecule has 1 fully saturated rings. The Morgan fingerprint density at radius 2 is 1.73 bits per heavy atom. The quantitative estimate of drug-likeness (QED) is 0.902. The van der Waals surface area contributed by atoms with Crippen molar-refractivity contribution < 1.29 is 9.59 Å². The lowest BCUT2D eigenvalue weighted by molar-refractivity contribution is -0.136. The Bertz CT molecular complexity index is 494. The summed E-state index contributed by atoms with van der Waals surface area (Å²) in [5, 5.41) is 2.89. The Morgan fingerprint density at radius 3 is 2.32 bits per heavy atom. The lowest BCUT2D eigenvalue weighted by Gasteiger charge is -2.35. The van der Waals surface area contributed by atoms with Gasteiger partial charge in [-0.25, -0.2) is 0 Å². The van der Waals surface area contributed by atoms with E-state index in [-0.39, 0.29) is 17.7 Å². The van der Waals surface area contributed by atoms with Crippen molar-refractivity contribution in [3.8, 4) is 0 Å². The number of nitrogens with one attached hydrogen (secondary N) is 1. The van der Waals surface area contributed by atoms with Gasteiger partial charge >= 0.3 is 0 Å². The smallest absolute Gasteiger partial charge is 0.225 e. The number of carbonyl (C=O) groups excluding carboxylic acids is 2. The molecule has 0 saturated carbocycles. The maximum Gasteiger partial charge on any atom is 0.225 e. The summed E-state index contributed by atoms with van der Waals surface area (Å²) in [7, 11) is 0. The molecule has 0 radical (unpaired) electrons. The van der Waals surface area contributed by atoms with Crippen LogP contribution in [0.1, 0.15) is 20.3 Å². The summed E-state index contributed by atoms with van der Waals surface area (Å²) in [6.45, 7) is 7.82. The van der Waals surface area contributed by atoms with Crippen molar-refractivity contribution in [2.75, 3.05) is 38.0 Å². The van der Waals surface area contributed by atoms with Crippen LogP contribution in [0.2, 0.25) is 0 Å². The van der Waals surface area contributed by atoms with Gasteiger partial charge in [-0.05, 0) is 12.1 Å². The van der Waals surface area contributed by atoms with E-state index in [1.807, 2.05) is 49.1 Å². The van der Waals surface area contributed by atoms with E-state index < -0.39 is 0 Å². The molecule has 0 aliphatic carbocycles. The zero-order chi connectivity index (χ0) is 15.9. The molecule has 0 spiro atoms. The van der Waals surface area contributed by atoms with Gasteiger partial charge in [-0.15, -0.1) is 0 Å². The number of carbonyl (C=O) groups is 2. The number of hydrogen-bond acceptors (Lipinski definition) is 3. The molecule has 5 heteroatoms. The number of anilines is 1. The van der Waals surface area contributed by atoms with Crippen LogP contribution in [0.5, 0.6) is 0 Å². The zero-order valence-corrected chi connectivity index (χ0v) is 13.4. The van der Waals surface area contributed by atoms with Gasteiger partial charge in [-0.3, -0.25) is 14.5 Å². The Balaban J connectivity index is 1.68. The predicted molar refractivity (Wildman–Crippen MR) is 87.5 cm³/mol. The van der Waals surface area contributed by atoms with E-state index in [9.17, 15) is 9.59 Å². The average Bonchev–Trinajstić information content (AvgIpc) is 2.53. The minimum atomic E-state index is 0.0342. The van der Waals surface area contributed by atoms with Gasteiger partial charge in [0.2, 0.25) is 11.8 Å². The highest BCUT2D eigenvalue weighted by Crippen LogP contribution is 2.09. The molecular formula is C17H25N3O2. The molecule has 2 rings (SSSR count). The molecule has 1 saturated heterocycles. The normalized spacial score (nSPS) is 15.9. The van der Waals surface area contributed by atoms with Gasteiger partial charge in [0, 0.05) is 50.7 Å². The van der Waals surface area contributed by atoms with Crippen molar-refractivity contribution >= 4 is 17.5 Å². The van der Waals surface area contributed by atoms with E-state index in [1.54, 1.807) is 0 Å². The highest BCUT2D eigenvalue weighted by molar-refractivity contribution is 5.90. The molecular weight excluding hydrogens is 278 g/mol. The topological polar surface area (TPSA) is 52.7 Å². The summed E-state index contributed by atoms with van der Waals surface area (Å²) < 4.78 is 0. The minimum absolute atomic E-state index is 0.0342. The molecule has 0 aromatic heterocycles. The van der Waals surface area contributed by atoms with Crippen LogP contribution in [-0.2, 0) is 9.59 Å². The van der Waals surface area contributed by atoms with E-state index in [0.29, 0.717) is 6.42 Å². The van der Waals surface area contributed by atoms with Crippen LogP contribution in [0.3, 0.4) is 0 Å². The van der Waals surface area contributed by atoms with E-state index in [2.05, 4.69) is 10.2 Å². The molecule has 1 aliphatic heterocycles. The van der Waals surface area contributed by atoms with Crippen molar-refractivity contribution in [2.45, 2.75) is 20.3 Å². The van der Waals surface area contributed by atoms with Gasteiger partial charge in [-0.1, -0.05) is 32.0 Å². The molecule has 0 unspecified atom stereocenters. The van der Waals surface area contributed by atoms with Crippen LogP contribution in [0.4, 0.5) is 5.69 Å². The van der Waals surface area contributed by atoms with Crippen molar-refractivity contribution in [3.63, 3.8) is 0 Å². The summed E-state index contributed by atoms with van der Waals surface area (Å²) in [4.78, 5) is 28.0. The minimum Gasteiger partial charge on any atom is -0.340 e. The number of para-hydroxylation sites is 1. The van der Waals surface area contributed by atoms with E-state index in [4.69, 9.17) is 0 Å². The molecule has 1 aliphatic rings. The zero-order valence-electron chi connectivity index (χ0n) is 13.4. The third-order valence-corrected chi connectivity index (χ3v) is 3.89. The predicted octanol–water partition coefficient (Wildman–Crippen LogP) is 1.82. The number of piperazine rings is 1. The van der Waals surface area contributed by atoms with Crippen LogP contribution < -0.4 is 5.32 Å². The first kappa shape index (κ1) is 16.5. The first-order valence-electron chi connectivity index (χ1n) is 7.92. The van der Waals surface area contributed by atoms with Gasteiger partial charge in [0.1, 0.15) is 0 Å². The van der Waals surface area contributed by atoms with Crippen molar-refractivity contribution in [2.24, 2.45) is 5.92 Å². The average molecular weight is 303 g/mol. The third kappa shape index (κ3) is 4.84. The van der Waals surface area contributed by atoms with E-state index in [1.165, 1.54) is 0 Å². The fraction of sp³-hybridized carbons (Fsp3) is 0.529. The van der Waals surface area contributed by atoms with Gasteiger partial charge in [-0.2, -0.15) is 0 Å². The standard InChI is InChI=1S/C17H25N3O2/c1-14(2)17(22)20-12-10-19(11-13-20)9-8-16(21)18-15-6-4-3-5-7-15/h3-7,14H,8-13H2,1-2H3,(H,18,21). The molecule has 1 heterocycles. The van der Waals surface area contributed by atoms with Crippen LogP contribution in [-0.4, -0.2) is 54.3 Å². The Morgan fingerprint density at radius 1 is 1.09 bits per heavy atom. The van der Waals surface area contributed by atoms with Gasteiger partial charge in [0.05, 0.1) is 0 Å². The first-order valence-corrected chi connectivity index (χ1v) is 7.92. The molecule has 0 bridgehead atoms. The van der Waals surface area contributed by atoms with Crippen LogP contribution >= 0.6 is 0 Å². The second kappa shape index (κ2) is 7.94. The second-order valence-electron chi connectivity index (χ2n) is 5.99. The van der Waals surface area contributed by atoms with E-state index in [0.717, 1.165) is 38.4 Å². The number of rotatable bonds is 5. The van der Waals surface area contributed by atoms with Gasteiger partial charge < -0.3 is 10.2 Å². The first-order chi connectivity index (χ1) is 10.6. The molecule has 2 amide bonds. The molecule has 0 atom stereocenters. The van der Waals surface area contributed by atoms with Crippen LogP contribution in [0, 0.1) is 5.92 Å². The highest BCUT2D eigenvalue weighted by atomic mass is 16.2. The Labute approximate surface area is 132 Å². The maximum atomic E-state index is 11.9. The van der Waals surface area contributed by atoms with Gasteiger partial charge in [0.25, 0.3) is 0 Å². The molecule has 22 heavy (non-hydrogen) atoms. The lowest BCUT2D eigenvalue weighted by Crippen LogP contribution is -2.50. The third-order valence-electron chi connectivity index (χ3n) is 3.89. The van der Waals surface area contributed by atoms with Crippen LogP contribution in [0.25, 0.3) is 0 Å². The fourth-order valence-corrected chi connectivity index (χ4v) is 2.56. The summed E-state index contributed by atoms with van der Waals surface area (Å²) in [6.07, 6.45) is 0.479. The number of amides is 2. The van der Waals surface area contributed by atoms with Gasteiger partial charge in [0.15, 0.2) is 0 Å². The highest BCUT2D eigenvalue weighted by Gasteiger charge is 2.22. The summed E-state index contributed by atoms with van der Waals surface area (Å²) in [6, 6.07) is 9.50. The maximum absolute atomic E-state index is 11.9. The molecule has 1 aromatic rings. The molecule has 120 valence electrons.